The van der Waals surface area contributed by atoms with Crippen molar-refractivity contribution in [2.75, 3.05) is 6.54 Å². The third-order valence-electron chi connectivity index (χ3n) is 3.07. The van der Waals surface area contributed by atoms with Crippen LogP contribution in [0.2, 0.25) is 5.02 Å². The molecule has 0 fully saturated rings. The van der Waals surface area contributed by atoms with Gasteiger partial charge in [-0.2, -0.15) is 0 Å². The van der Waals surface area contributed by atoms with Gasteiger partial charge in [0.05, 0.1) is 6.54 Å². The molecule has 2 aromatic rings. The zero-order valence-corrected chi connectivity index (χ0v) is 13.0. The molecule has 0 amide bonds. The van der Waals surface area contributed by atoms with E-state index in [1.165, 1.54) is 0 Å². The number of hydrogen-bond donors (Lipinski definition) is 1. The Morgan fingerprint density at radius 2 is 1.86 bits per heavy atom. The minimum atomic E-state index is 0.365. The van der Waals surface area contributed by atoms with Crippen LogP contribution in [0, 0.1) is 25.7 Å². The van der Waals surface area contributed by atoms with Crippen molar-refractivity contribution in [2.45, 2.75) is 20.5 Å². The Labute approximate surface area is 130 Å². The van der Waals surface area contributed by atoms with Gasteiger partial charge < -0.3 is 10.5 Å². The summed E-state index contributed by atoms with van der Waals surface area (Å²) < 4.78 is 5.94. The maximum atomic E-state index is 6.03. The summed E-state index contributed by atoms with van der Waals surface area (Å²) in [7, 11) is 0. The lowest BCUT2D eigenvalue weighted by molar-refractivity contribution is 0.302. The van der Waals surface area contributed by atoms with E-state index >= 15 is 0 Å². The average molecular weight is 300 g/mol. The molecule has 0 aliphatic rings. The summed E-state index contributed by atoms with van der Waals surface area (Å²) in [5.74, 6) is 6.76. The standard InChI is InChI=1S/C18H18ClNO/c1-13-9-17(19)10-14(2)18(13)21-12-16-6-3-5-15(11-16)7-4-8-20/h3,5-6,9-11H,8,12,20H2,1-2H3. The Morgan fingerprint density at radius 1 is 1.14 bits per heavy atom. The SMILES string of the molecule is Cc1cc(Cl)cc(C)c1OCc1cccc(C#CCN)c1. The van der Waals surface area contributed by atoms with E-state index in [9.17, 15) is 0 Å². The molecule has 108 valence electrons. The minimum Gasteiger partial charge on any atom is -0.488 e. The molecule has 0 saturated carbocycles. The molecule has 2 aromatic carbocycles. The summed E-state index contributed by atoms with van der Waals surface area (Å²) in [4.78, 5) is 0. The Kier molecular flexibility index (Phi) is 5.27. The molecule has 2 nitrogen and oxygen atoms in total. The van der Waals surface area contributed by atoms with Crippen LogP contribution in [0.4, 0.5) is 0 Å². The van der Waals surface area contributed by atoms with Crippen molar-refractivity contribution in [1.29, 1.82) is 0 Å². The van der Waals surface area contributed by atoms with Gasteiger partial charge in [-0.15, -0.1) is 0 Å². The van der Waals surface area contributed by atoms with Crippen LogP contribution in [0.25, 0.3) is 0 Å². The van der Waals surface area contributed by atoms with Gasteiger partial charge in [0.25, 0.3) is 0 Å². The second kappa shape index (κ2) is 7.17. The number of aryl methyl sites for hydroxylation is 2. The Hall–Kier alpha value is -1.95. The highest BCUT2D eigenvalue weighted by Crippen LogP contribution is 2.27. The van der Waals surface area contributed by atoms with Gasteiger partial charge in [-0.3, -0.25) is 0 Å². The molecule has 2 N–H and O–H groups in total. The van der Waals surface area contributed by atoms with E-state index in [4.69, 9.17) is 22.1 Å². The number of rotatable bonds is 3. The van der Waals surface area contributed by atoms with Crippen LogP contribution in [0.1, 0.15) is 22.3 Å². The van der Waals surface area contributed by atoms with E-state index in [2.05, 4.69) is 11.8 Å². The molecule has 2 rings (SSSR count). The maximum absolute atomic E-state index is 6.03. The molecule has 0 unspecified atom stereocenters. The van der Waals surface area contributed by atoms with Gasteiger partial charge in [0.2, 0.25) is 0 Å². The van der Waals surface area contributed by atoms with Crippen molar-refractivity contribution in [2.24, 2.45) is 5.73 Å². The Morgan fingerprint density at radius 3 is 2.52 bits per heavy atom. The first kappa shape index (κ1) is 15.4. The average Bonchev–Trinajstić information content (AvgIpc) is 2.44. The lowest BCUT2D eigenvalue weighted by Gasteiger charge is -2.12. The zero-order chi connectivity index (χ0) is 15.2. The normalized spacial score (nSPS) is 9.90. The summed E-state index contributed by atoms with van der Waals surface area (Å²) in [6.07, 6.45) is 0. The van der Waals surface area contributed by atoms with Crippen LogP contribution in [0.5, 0.6) is 5.75 Å². The largest absolute Gasteiger partial charge is 0.488 e. The third-order valence-corrected chi connectivity index (χ3v) is 3.29. The predicted octanol–water partition coefficient (Wildman–Crippen LogP) is 3.85. The summed E-state index contributed by atoms with van der Waals surface area (Å²) in [5, 5.41) is 0.733. The van der Waals surface area contributed by atoms with Crippen LogP contribution in [0.15, 0.2) is 36.4 Å². The van der Waals surface area contributed by atoms with Crippen molar-refractivity contribution >= 4 is 11.6 Å². The van der Waals surface area contributed by atoms with Gasteiger partial charge >= 0.3 is 0 Å². The quantitative estimate of drug-likeness (QED) is 0.874. The van der Waals surface area contributed by atoms with Crippen molar-refractivity contribution in [3.63, 3.8) is 0 Å². The fourth-order valence-corrected chi connectivity index (χ4v) is 2.50. The first-order valence-electron chi connectivity index (χ1n) is 6.77. The van der Waals surface area contributed by atoms with Gasteiger partial charge in [0.15, 0.2) is 0 Å². The predicted molar refractivity (Wildman–Crippen MR) is 87.6 cm³/mol. The van der Waals surface area contributed by atoms with E-state index in [-0.39, 0.29) is 0 Å². The molecule has 0 radical (unpaired) electrons. The first-order chi connectivity index (χ1) is 10.1. The van der Waals surface area contributed by atoms with Crippen molar-refractivity contribution < 1.29 is 4.74 Å². The smallest absolute Gasteiger partial charge is 0.125 e. The summed E-state index contributed by atoms with van der Waals surface area (Å²) in [6, 6.07) is 11.8. The van der Waals surface area contributed by atoms with Gasteiger partial charge in [-0.1, -0.05) is 35.6 Å². The second-order valence-corrected chi connectivity index (χ2v) is 5.30. The number of benzene rings is 2. The summed E-state index contributed by atoms with van der Waals surface area (Å²) >= 11 is 6.03. The van der Waals surface area contributed by atoms with Crippen molar-refractivity contribution in [1.82, 2.24) is 0 Å². The van der Waals surface area contributed by atoms with E-state index in [0.717, 1.165) is 33.0 Å². The lowest BCUT2D eigenvalue weighted by atomic mass is 10.1. The van der Waals surface area contributed by atoms with Crippen molar-refractivity contribution in [3.8, 4) is 17.6 Å². The molecule has 0 heterocycles. The molecular formula is C18H18ClNO. The molecule has 0 spiro atoms. The van der Waals surface area contributed by atoms with Crippen LogP contribution in [0.3, 0.4) is 0 Å². The molecule has 3 heteroatoms. The van der Waals surface area contributed by atoms with Gasteiger partial charge in [-0.05, 0) is 54.8 Å². The minimum absolute atomic E-state index is 0.365. The highest BCUT2D eigenvalue weighted by molar-refractivity contribution is 6.30. The second-order valence-electron chi connectivity index (χ2n) is 4.86. The highest BCUT2D eigenvalue weighted by Gasteiger charge is 2.06. The van der Waals surface area contributed by atoms with Crippen molar-refractivity contribution in [3.05, 3.63) is 63.7 Å². The number of ether oxygens (including phenoxy) is 1. The molecule has 0 saturated heterocycles. The Bertz CT molecular complexity index is 675. The number of hydrogen-bond acceptors (Lipinski definition) is 2. The fraction of sp³-hybridized carbons (Fsp3) is 0.222. The van der Waals surface area contributed by atoms with Gasteiger partial charge in [0.1, 0.15) is 12.4 Å². The molecule has 0 aromatic heterocycles. The van der Waals surface area contributed by atoms with E-state index in [1.54, 1.807) is 0 Å². The summed E-state index contributed by atoms with van der Waals surface area (Å²) in [6.45, 7) is 4.86. The zero-order valence-electron chi connectivity index (χ0n) is 12.2. The highest BCUT2D eigenvalue weighted by atomic mass is 35.5. The Balaban J connectivity index is 2.13. The van der Waals surface area contributed by atoms with Gasteiger partial charge in [-0.25, -0.2) is 0 Å². The van der Waals surface area contributed by atoms with E-state index in [1.807, 2.05) is 50.2 Å². The molecule has 0 aliphatic heterocycles. The van der Waals surface area contributed by atoms with Crippen LogP contribution in [-0.2, 0) is 6.61 Å². The molecular weight excluding hydrogens is 282 g/mol. The summed E-state index contributed by atoms with van der Waals surface area (Å²) in [5.41, 5.74) is 9.49. The number of nitrogens with two attached hydrogens (primary N) is 1. The maximum Gasteiger partial charge on any atom is 0.125 e. The monoisotopic (exact) mass is 299 g/mol. The van der Waals surface area contributed by atoms with Crippen LogP contribution < -0.4 is 10.5 Å². The molecule has 0 atom stereocenters. The van der Waals surface area contributed by atoms with E-state index in [0.29, 0.717) is 13.2 Å². The van der Waals surface area contributed by atoms with Gasteiger partial charge in [0, 0.05) is 10.6 Å². The topological polar surface area (TPSA) is 35.2 Å². The first-order valence-corrected chi connectivity index (χ1v) is 7.15. The van der Waals surface area contributed by atoms with E-state index < -0.39 is 0 Å². The third kappa shape index (κ3) is 4.26. The molecule has 21 heavy (non-hydrogen) atoms. The lowest BCUT2D eigenvalue weighted by Crippen LogP contribution is -1.99. The van der Waals surface area contributed by atoms with Crippen LogP contribution >= 0.6 is 11.6 Å². The fourth-order valence-electron chi connectivity index (χ4n) is 2.17. The number of halogens is 1. The van der Waals surface area contributed by atoms with Crippen LogP contribution in [-0.4, -0.2) is 6.54 Å². The molecule has 0 aliphatic carbocycles. The molecule has 0 bridgehead atoms.